The number of hydrazone groups is 1. The Morgan fingerprint density at radius 3 is 2.59 bits per heavy atom. The van der Waals surface area contributed by atoms with E-state index in [9.17, 15) is 9.59 Å². The van der Waals surface area contributed by atoms with Crippen LogP contribution in [0.4, 0.5) is 4.79 Å². The molecule has 0 spiro atoms. The Hall–Kier alpha value is -2.37. The zero-order valence-electron chi connectivity index (χ0n) is 8.81. The minimum absolute atomic E-state index is 0.230. The number of amides is 3. The SMILES string of the molecule is O=C1NC(=O)C2C(=NNC2c2ccccc2)N1. The molecule has 0 aromatic heterocycles. The van der Waals surface area contributed by atoms with Crippen molar-refractivity contribution < 1.29 is 9.59 Å². The van der Waals surface area contributed by atoms with Gasteiger partial charge in [0.25, 0.3) is 0 Å². The predicted molar refractivity (Wildman–Crippen MR) is 59.9 cm³/mol. The predicted octanol–water partition coefficient (Wildman–Crippen LogP) is 0.1000. The molecular weight excluding hydrogens is 220 g/mol. The monoisotopic (exact) mass is 230 g/mol. The van der Waals surface area contributed by atoms with Gasteiger partial charge in [-0.15, -0.1) is 0 Å². The Balaban J connectivity index is 1.92. The van der Waals surface area contributed by atoms with Crippen LogP contribution in [0, 0.1) is 5.92 Å². The Morgan fingerprint density at radius 1 is 1.06 bits per heavy atom. The third kappa shape index (κ3) is 1.54. The van der Waals surface area contributed by atoms with E-state index in [2.05, 4.69) is 21.2 Å². The molecule has 3 N–H and O–H groups in total. The molecule has 2 unspecified atom stereocenters. The van der Waals surface area contributed by atoms with Crippen molar-refractivity contribution in [2.75, 3.05) is 0 Å². The Morgan fingerprint density at radius 2 is 1.82 bits per heavy atom. The molecule has 3 amide bonds. The van der Waals surface area contributed by atoms with E-state index in [-0.39, 0.29) is 11.9 Å². The molecule has 2 aliphatic heterocycles. The maximum Gasteiger partial charge on any atom is 0.326 e. The first kappa shape index (κ1) is 9.83. The highest BCUT2D eigenvalue weighted by molar-refractivity contribution is 6.19. The zero-order valence-corrected chi connectivity index (χ0v) is 8.81. The molecule has 1 aromatic rings. The molecule has 1 fully saturated rings. The Labute approximate surface area is 97.1 Å². The summed E-state index contributed by atoms with van der Waals surface area (Å²) in [6.07, 6.45) is 0. The number of imide groups is 1. The fourth-order valence-corrected chi connectivity index (χ4v) is 2.09. The van der Waals surface area contributed by atoms with E-state index < -0.39 is 11.9 Å². The third-order valence-electron chi connectivity index (χ3n) is 2.87. The highest BCUT2D eigenvalue weighted by atomic mass is 16.2. The molecule has 3 rings (SSSR count). The smallest absolute Gasteiger partial charge is 0.300 e. The van der Waals surface area contributed by atoms with Crippen LogP contribution in [0.5, 0.6) is 0 Å². The van der Waals surface area contributed by atoms with Gasteiger partial charge in [-0.1, -0.05) is 30.3 Å². The summed E-state index contributed by atoms with van der Waals surface area (Å²) in [5.41, 5.74) is 3.84. The fraction of sp³-hybridized carbons (Fsp3) is 0.182. The summed E-state index contributed by atoms with van der Waals surface area (Å²) in [5.74, 6) is -0.422. The van der Waals surface area contributed by atoms with Crippen LogP contribution in [0.2, 0.25) is 0 Å². The van der Waals surface area contributed by atoms with Gasteiger partial charge in [0.1, 0.15) is 11.8 Å². The number of amidine groups is 1. The standard InChI is InChI=1S/C11H10N4O2/c16-10-7-8(6-4-2-1-3-5-6)14-15-9(7)12-11(17)13-10/h1-5,7-8,14H,(H2,12,13,15,16,17). The highest BCUT2D eigenvalue weighted by Gasteiger charge is 2.42. The first-order chi connectivity index (χ1) is 8.25. The van der Waals surface area contributed by atoms with Gasteiger partial charge >= 0.3 is 6.03 Å². The van der Waals surface area contributed by atoms with Gasteiger partial charge in [0.15, 0.2) is 0 Å². The number of rotatable bonds is 1. The summed E-state index contributed by atoms with van der Waals surface area (Å²) in [6, 6.07) is 8.78. The van der Waals surface area contributed by atoms with Crippen molar-refractivity contribution >= 4 is 17.8 Å². The number of hydrogen-bond acceptors (Lipinski definition) is 4. The van der Waals surface area contributed by atoms with Gasteiger partial charge in [-0.05, 0) is 5.56 Å². The maximum atomic E-state index is 11.8. The van der Waals surface area contributed by atoms with Gasteiger partial charge < -0.3 is 0 Å². The summed E-state index contributed by atoms with van der Waals surface area (Å²) in [5, 5.41) is 8.76. The molecule has 17 heavy (non-hydrogen) atoms. The molecule has 6 heteroatoms. The van der Waals surface area contributed by atoms with Gasteiger partial charge in [-0.2, -0.15) is 5.10 Å². The van der Waals surface area contributed by atoms with Crippen molar-refractivity contribution in [1.29, 1.82) is 0 Å². The quantitative estimate of drug-likeness (QED) is 0.640. The van der Waals surface area contributed by atoms with E-state index in [1.807, 2.05) is 30.3 Å². The minimum Gasteiger partial charge on any atom is -0.300 e. The molecular formula is C11H10N4O2. The molecule has 1 aromatic carbocycles. The van der Waals surface area contributed by atoms with Crippen molar-refractivity contribution in [2.24, 2.45) is 11.0 Å². The molecule has 6 nitrogen and oxygen atoms in total. The number of urea groups is 1. The van der Waals surface area contributed by atoms with Crippen LogP contribution >= 0.6 is 0 Å². The van der Waals surface area contributed by atoms with Gasteiger partial charge in [0.05, 0.1) is 6.04 Å². The number of nitrogens with one attached hydrogen (secondary N) is 3. The lowest BCUT2D eigenvalue weighted by molar-refractivity contribution is -0.122. The minimum atomic E-state index is -0.527. The van der Waals surface area contributed by atoms with Gasteiger partial charge in [0, 0.05) is 0 Å². The molecule has 2 aliphatic rings. The second-order valence-electron chi connectivity index (χ2n) is 3.94. The lowest BCUT2D eigenvalue weighted by Crippen LogP contribution is -2.55. The number of benzene rings is 1. The van der Waals surface area contributed by atoms with E-state index in [4.69, 9.17) is 0 Å². The molecule has 0 saturated carbocycles. The van der Waals surface area contributed by atoms with Crippen molar-refractivity contribution in [3.63, 3.8) is 0 Å². The van der Waals surface area contributed by atoms with Gasteiger partial charge in [-0.3, -0.25) is 20.9 Å². The molecule has 1 saturated heterocycles. The normalized spacial score (nSPS) is 26.5. The molecule has 0 aliphatic carbocycles. The first-order valence-corrected chi connectivity index (χ1v) is 5.25. The second-order valence-corrected chi connectivity index (χ2v) is 3.94. The van der Waals surface area contributed by atoms with Crippen LogP contribution in [0.3, 0.4) is 0 Å². The Kier molecular flexibility index (Phi) is 2.07. The van der Waals surface area contributed by atoms with Crippen molar-refractivity contribution in [2.45, 2.75) is 6.04 Å². The summed E-state index contributed by atoms with van der Waals surface area (Å²) in [6.45, 7) is 0. The van der Waals surface area contributed by atoms with Crippen LogP contribution in [0.15, 0.2) is 35.4 Å². The van der Waals surface area contributed by atoms with Crippen LogP contribution in [-0.4, -0.2) is 17.8 Å². The summed E-state index contributed by atoms with van der Waals surface area (Å²) >= 11 is 0. The largest absolute Gasteiger partial charge is 0.326 e. The number of nitrogens with zero attached hydrogens (tertiary/aromatic N) is 1. The zero-order chi connectivity index (χ0) is 11.8. The molecule has 0 bridgehead atoms. The molecule has 2 heterocycles. The van der Waals surface area contributed by atoms with Crippen molar-refractivity contribution in [3.05, 3.63) is 35.9 Å². The molecule has 86 valence electrons. The van der Waals surface area contributed by atoms with E-state index in [1.165, 1.54) is 0 Å². The number of carbonyl (C=O) groups excluding carboxylic acids is 2. The number of carbonyl (C=O) groups is 2. The highest BCUT2D eigenvalue weighted by Crippen LogP contribution is 2.28. The third-order valence-corrected chi connectivity index (χ3v) is 2.87. The van der Waals surface area contributed by atoms with Crippen LogP contribution in [-0.2, 0) is 4.79 Å². The lowest BCUT2D eigenvalue weighted by atomic mass is 9.92. The number of fused-ring (bicyclic) bond motifs is 1. The summed E-state index contributed by atoms with van der Waals surface area (Å²) in [7, 11) is 0. The maximum absolute atomic E-state index is 11.8. The first-order valence-electron chi connectivity index (χ1n) is 5.25. The van der Waals surface area contributed by atoms with Gasteiger partial charge in [0.2, 0.25) is 5.91 Å². The van der Waals surface area contributed by atoms with Crippen molar-refractivity contribution in [1.82, 2.24) is 16.1 Å². The van der Waals surface area contributed by atoms with Crippen LogP contribution < -0.4 is 16.1 Å². The molecule has 0 radical (unpaired) electrons. The fourth-order valence-electron chi connectivity index (χ4n) is 2.09. The average Bonchev–Trinajstić information content (AvgIpc) is 2.74. The van der Waals surface area contributed by atoms with Crippen LogP contribution in [0.1, 0.15) is 11.6 Å². The summed E-state index contributed by atoms with van der Waals surface area (Å²) < 4.78 is 0. The topological polar surface area (TPSA) is 82.6 Å². The van der Waals surface area contributed by atoms with E-state index in [0.717, 1.165) is 5.56 Å². The van der Waals surface area contributed by atoms with E-state index in [1.54, 1.807) is 0 Å². The lowest BCUT2D eigenvalue weighted by Gasteiger charge is -2.23. The number of hydrogen-bond donors (Lipinski definition) is 3. The van der Waals surface area contributed by atoms with E-state index in [0.29, 0.717) is 5.84 Å². The Bertz CT molecular complexity index is 511. The van der Waals surface area contributed by atoms with Crippen LogP contribution in [0.25, 0.3) is 0 Å². The van der Waals surface area contributed by atoms with Crippen molar-refractivity contribution in [3.8, 4) is 0 Å². The second kappa shape index (κ2) is 3.58. The molecule has 2 atom stereocenters. The van der Waals surface area contributed by atoms with E-state index >= 15 is 0 Å². The average molecular weight is 230 g/mol. The van der Waals surface area contributed by atoms with Gasteiger partial charge in [-0.25, -0.2) is 4.79 Å². The summed E-state index contributed by atoms with van der Waals surface area (Å²) in [4.78, 5) is 22.9.